The molecule has 0 bridgehead atoms. The number of rotatable bonds is 15. The van der Waals surface area contributed by atoms with Crippen LogP contribution in [-0.2, 0) is 27.5 Å². The van der Waals surface area contributed by atoms with Gasteiger partial charge in [-0.1, -0.05) is 54.5 Å². The van der Waals surface area contributed by atoms with E-state index >= 15 is 0 Å². The van der Waals surface area contributed by atoms with Crippen molar-refractivity contribution < 1.29 is 22.8 Å². The number of aromatic hydroxyl groups is 1. The van der Waals surface area contributed by atoms with E-state index in [0.717, 1.165) is 56.4 Å². The molecule has 11 heteroatoms. The van der Waals surface area contributed by atoms with E-state index in [2.05, 4.69) is 40.9 Å². The second-order valence-electron chi connectivity index (χ2n) is 17.1. The van der Waals surface area contributed by atoms with E-state index in [4.69, 9.17) is 19.2 Å². The number of phenols is 1. The molecule has 0 unspecified atom stereocenters. The van der Waals surface area contributed by atoms with Gasteiger partial charge in [0.25, 0.3) is 0 Å². The molecule has 0 saturated heterocycles. The Hall–Kier alpha value is -4.58. The second kappa shape index (κ2) is 17.0. The third kappa shape index (κ3) is 8.05. The molecule has 2 heterocycles. The fourth-order valence-corrected chi connectivity index (χ4v) is 11.1. The molecule has 3 aliphatic carbocycles. The predicted molar refractivity (Wildman–Crippen MR) is 228 cm³/mol. The van der Waals surface area contributed by atoms with Gasteiger partial charge in [-0.05, 0) is 143 Å². The Balaban J connectivity index is 0.894. The van der Waals surface area contributed by atoms with Crippen LogP contribution in [0, 0.1) is 17.3 Å². The number of anilines is 1. The summed E-state index contributed by atoms with van der Waals surface area (Å²) in [6.07, 6.45) is 12.1. The van der Waals surface area contributed by atoms with Gasteiger partial charge in [0.2, 0.25) is 0 Å². The Labute approximate surface area is 343 Å². The highest BCUT2D eigenvalue weighted by Crippen LogP contribution is 2.61. The van der Waals surface area contributed by atoms with E-state index in [1.807, 2.05) is 37.4 Å². The Kier molecular flexibility index (Phi) is 11.8. The number of benzene rings is 3. The molecule has 3 aliphatic rings. The van der Waals surface area contributed by atoms with Gasteiger partial charge in [-0.25, -0.2) is 18.4 Å². The molecule has 2 aromatic heterocycles. The number of nitrogens with one attached hydrogen (secondary N) is 2. The lowest BCUT2D eigenvalue weighted by atomic mass is 9.55. The number of sulfone groups is 1. The van der Waals surface area contributed by atoms with Gasteiger partial charge in [0.05, 0.1) is 28.1 Å². The van der Waals surface area contributed by atoms with Crippen LogP contribution in [0.4, 0.5) is 5.82 Å². The first-order chi connectivity index (χ1) is 28.0. The van der Waals surface area contributed by atoms with E-state index in [9.17, 15) is 13.5 Å². The highest BCUT2D eigenvalue weighted by molar-refractivity contribution is 7.92. The quantitative estimate of drug-likeness (QED) is 0.0877. The van der Waals surface area contributed by atoms with Crippen LogP contribution >= 0.6 is 0 Å². The zero-order chi connectivity index (χ0) is 40.4. The average molecular weight is 804 g/mol. The van der Waals surface area contributed by atoms with Crippen LogP contribution in [0.25, 0.3) is 34.0 Å². The minimum atomic E-state index is -3.39. The zero-order valence-electron chi connectivity index (χ0n) is 34.2. The van der Waals surface area contributed by atoms with Gasteiger partial charge in [0.15, 0.2) is 27.1 Å². The molecule has 0 aliphatic heterocycles. The Morgan fingerprint density at radius 1 is 0.931 bits per heavy atom. The first kappa shape index (κ1) is 40.2. The minimum Gasteiger partial charge on any atom is -0.508 e. The van der Waals surface area contributed by atoms with Gasteiger partial charge in [-0.15, -0.1) is 0 Å². The second-order valence-corrected chi connectivity index (χ2v) is 19.6. The molecule has 0 radical (unpaired) electrons. The van der Waals surface area contributed by atoms with Crippen molar-refractivity contribution in [2.24, 2.45) is 17.3 Å². The fourth-order valence-electron chi connectivity index (χ4n) is 10.1. The first-order valence-corrected chi connectivity index (χ1v) is 22.7. The van der Waals surface area contributed by atoms with Crippen LogP contribution in [0.3, 0.4) is 0 Å². The van der Waals surface area contributed by atoms with Gasteiger partial charge >= 0.3 is 0 Å². The first-order valence-electron chi connectivity index (χ1n) is 21.1. The number of ether oxygens (including phenoxy) is 1. The molecule has 0 amide bonds. The largest absolute Gasteiger partial charge is 0.508 e. The van der Waals surface area contributed by atoms with Crippen molar-refractivity contribution in [1.82, 2.24) is 20.4 Å². The van der Waals surface area contributed by atoms with E-state index in [0.29, 0.717) is 64.8 Å². The van der Waals surface area contributed by atoms with Gasteiger partial charge in [-0.2, -0.15) is 0 Å². The molecule has 5 atom stereocenters. The smallest absolute Gasteiger partial charge is 0.189 e. The summed E-state index contributed by atoms with van der Waals surface area (Å²) in [6.45, 7) is 8.13. The van der Waals surface area contributed by atoms with Gasteiger partial charge in [-0.3, -0.25) is 0 Å². The van der Waals surface area contributed by atoms with Crippen LogP contribution in [0.2, 0.25) is 0 Å². The summed E-state index contributed by atoms with van der Waals surface area (Å²) in [7, 11) is -1.47. The molecular weight excluding hydrogens is 747 g/mol. The van der Waals surface area contributed by atoms with Gasteiger partial charge in [0, 0.05) is 36.9 Å². The van der Waals surface area contributed by atoms with Crippen LogP contribution in [0.5, 0.6) is 5.75 Å². The monoisotopic (exact) mass is 803 g/mol. The summed E-state index contributed by atoms with van der Waals surface area (Å²) in [4.78, 5) is 10.1. The average Bonchev–Trinajstić information content (AvgIpc) is 3.85. The maximum atomic E-state index is 12.8. The number of hydrogen-bond donors (Lipinski definition) is 3. The Bertz CT molecular complexity index is 2310. The summed E-state index contributed by atoms with van der Waals surface area (Å²) in [6, 6.07) is 23.0. The number of hydrogen-bond acceptors (Lipinski definition) is 10. The topological polar surface area (TPSA) is 139 Å². The van der Waals surface area contributed by atoms with Crippen LogP contribution in [0.1, 0.15) is 94.7 Å². The number of aryl methyl sites for hydroxylation is 1. The van der Waals surface area contributed by atoms with Crippen molar-refractivity contribution >= 4 is 15.7 Å². The summed E-state index contributed by atoms with van der Waals surface area (Å²) in [5, 5.41) is 20.6. The molecule has 8 rings (SSSR count). The lowest BCUT2D eigenvalue weighted by Gasteiger charge is -2.50. The van der Waals surface area contributed by atoms with Crippen LogP contribution < -0.4 is 10.6 Å². The summed E-state index contributed by atoms with van der Waals surface area (Å²) >= 11 is 0. The summed E-state index contributed by atoms with van der Waals surface area (Å²) < 4.78 is 38.1. The number of nitrogens with zero attached hydrogens (tertiary/aromatic N) is 3. The molecule has 0 spiro atoms. The van der Waals surface area contributed by atoms with Crippen molar-refractivity contribution in [1.29, 1.82) is 0 Å². The standard InChI is InChI=1S/C47H57N5O5S/c1-30(2)58(54,55)36-16-12-33(13-17-36)42-29-50-46(45(51-42)43-27-41(52-57-43)32-10-8-31(9-11-32)28-48-4)49-24-6-5-7-25-56-44-21-20-40-39-18-14-34-26-35(53)15-19-37(34)38(39)22-23-47(40,44)3/h8-13,15-17,19,26-27,29-30,38-40,44,48,53H,5-7,14,18,20-25,28H2,1-4H3,(H,49,50)/t38-,39-,40+,44+,47+/m1/s1. The normalized spacial score (nSPS) is 22.7. The lowest BCUT2D eigenvalue weighted by Crippen LogP contribution is -2.44. The molecule has 3 aromatic carbocycles. The van der Waals surface area contributed by atoms with E-state index in [1.165, 1.54) is 42.4 Å². The molecular formula is C47H57N5O5S. The predicted octanol–water partition coefficient (Wildman–Crippen LogP) is 9.60. The SMILES string of the molecule is CNCc1ccc(-c2cc(-c3nc(-c4ccc(S(=O)(=O)C(C)C)cc4)cnc3NCCCCCO[C@H]3CC[C@H]4[C@@H]5CCc6cc(O)ccc6[C@H]5CC[C@]34C)on2)cc1. The van der Waals surface area contributed by atoms with Gasteiger partial charge < -0.3 is 25.0 Å². The summed E-state index contributed by atoms with van der Waals surface area (Å²) in [5.41, 5.74) is 7.79. The van der Waals surface area contributed by atoms with E-state index in [-0.39, 0.29) is 10.3 Å². The van der Waals surface area contributed by atoms with Crippen LogP contribution in [0.15, 0.2) is 88.4 Å². The molecule has 5 aromatic rings. The van der Waals surface area contributed by atoms with Crippen molar-refractivity contribution in [3.05, 3.63) is 95.7 Å². The van der Waals surface area contributed by atoms with Crippen molar-refractivity contribution in [2.45, 2.75) is 107 Å². The van der Waals surface area contributed by atoms with Gasteiger partial charge in [0.1, 0.15) is 11.4 Å². The summed E-state index contributed by atoms with van der Waals surface area (Å²) in [5.74, 6) is 3.52. The lowest BCUT2D eigenvalue weighted by molar-refractivity contribution is -0.0646. The maximum Gasteiger partial charge on any atom is 0.189 e. The Morgan fingerprint density at radius 3 is 2.48 bits per heavy atom. The molecule has 2 saturated carbocycles. The highest BCUT2D eigenvalue weighted by atomic mass is 32.2. The molecule has 2 fully saturated rings. The fraction of sp³-hybridized carbons (Fsp3) is 0.468. The highest BCUT2D eigenvalue weighted by Gasteiger charge is 2.55. The maximum absolute atomic E-state index is 12.8. The van der Waals surface area contributed by atoms with E-state index < -0.39 is 15.1 Å². The van der Waals surface area contributed by atoms with Crippen molar-refractivity contribution in [2.75, 3.05) is 25.5 Å². The minimum absolute atomic E-state index is 0.239. The molecule has 10 nitrogen and oxygen atoms in total. The molecule has 58 heavy (non-hydrogen) atoms. The number of unbranched alkanes of at least 4 members (excludes halogenated alkanes) is 2. The zero-order valence-corrected chi connectivity index (χ0v) is 35.0. The number of phenolic OH excluding ortho intramolecular Hbond substituents is 1. The molecule has 3 N–H and O–H groups in total. The van der Waals surface area contributed by atoms with Crippen LogP contribution in [-0.4, -0.2) is 60.2 Å². The third-order valence-corrected chi connectivity index (χ3v) is 15.5. The third-order valence-electron chi connectivity index (χ3n) is 13.3. The van der Waals surface area contributed by atoms with Crippen molar-refractivity contribution in [3.8, 4) is 39.7 Å². The van der Waals surface area contributed by atoms with E-state index in [1.54, 1.807) is 44.3 Å². The van der Waals surface area contributed by atoms with Crippen molar-refractivity contribution in [3.63, 3.8) is 0 Å². The Morgan fingerprint density at radius 2 is 1.71 bits per heavy atom. The number of aromatic nitrogens is 3. The number of fused-ring (bicyclic) bond motifs is 5. The molecule has 306 valence electrons.